The van der Waals surface area contributed by atoms with Crippen molar-refractivity contribution in [3.63, 3.8) is 0 Å². The van der Waals surface area contributed by atoms with Crippen LogP contribution in [0.15, 0.2) is 54.6 Å². The van der Waals surface area contributed by atoms with Gasteiger partial charge in [0.2, 0.25) is 17.7 Å². The first kappa shape index (κ1) is 43.1. The number of ether oxygens (including phenoxy) is 3. The first-order valence-electron chi connectivity index (χ1n) is 18.2. The molecule has 0 aromatic heterocycles. The number of rotatable bonds is 9. The van der Waals surface area contributed by atoms with Gasteiger partial charge in [-0.25, -0.2) is 14.4 Å². The Labute approximate surface area is 317 Å². The van der Waals surface area contributed by atoms with Crippen LogP contribution in [0.1, 0.15) is 78.4 Å². The van der Waals surface area contributed by atoms with Crippen molar-refractivity contribution in [2.24, 2.45) is 0 Å². The number of hydrogen-bond donors (Lipinski definition) is 6. The number of methoxy groups -OCH3 is 1. The molecule has 1 aliphatic heterocycles. The summed E-state index contributed by atoms with van der Waals surface area (Å²) in [6, 6.07) is 11.1. The van der Waals surface area contributed by atoms with Crippen molar-refractivity contribution in [2.75, 3.05) is 20.2 Å². The Hall–Kier alpha value is -5.34. The van der Waals surface area contributed by atoms with Crippen LogP contribution in [0.25, 0.3) is 0 Å². The molecule has 1 heterocycles. The van der Waals surface area contributed by atoms with E-state index in [1.807, 2.05) is 26.8 Å². The van der Waals surface area contributed by atoms with Gasteiger partial charge in [-0.3, -0.25) is 14.4 Å². The third-order valence-corrected chi connectivity index (χ3v) is 8.07. The zero-order valence-corrected chi connectivity index (χ0v) is 32.3. The van der Waals surface area contributed by atoms with Gasteiger partial charge >= 0.3 is 18.1 Å². The number of carbonyl (C=O) groups is 6. The van der Waals surface area contributed by atoms with Crippen molar-refractivity contribution in [3.8, 4) is 5.75 Å². The van der Waals surface area contributed by atoms with Crippen molar-refractivity contribution in [1.82, 2.24) is 31.9 Å². The van der Waals surface area contributed by atoms with Gasteiger partial charge in [-0.1, -0.05) is 42.5 Å². The van der Waals surface area contributed by atoms with Crippen LogP contribution in [0, 0.1) is 0 Å². The highest BCUT2D eigenvalue weighted by atomic mass is 16.6. The summed E-state index contributed by atoms with van der Waals surface area (Å²) in [7, 11) is 1.19. The maximum absolute atomic E-state index is 14.1. The minimum absolute atomic E-state index is 0.0366. The maximum Gasteiger partial charge on any atom is 0.408 e. The fraction of sp³-hybridized carbons (Fsp3) is 0.538. The zero-order valence-electron chi connectivity index (χ0n) is 32.3. The molecule has 2 aromatic carbocycles. The SMILES string of the molecule is COC(=O)[C@@H]1CCNC(=O)NCCCC[C@@H](NC(=O)[C@H](Cc2ccc(OC(C)(C)C)cc2)NC(=O)OC(C)(C)C)C(=O)N[C@@H](Cc2ccccc2)C(=O)N1. The third-order valence-electron chi connectivity index (χ3n) is 8.07. The molecule has 1 aliphatic rings. The minimum Gasteiger partial charge on any atom is -0.488 e. The van der Waals surface area contributed by atoms with Crippen molar-refractivity contribution < 1.29 is 43.0 Å². The van der Waals surface area contributed by atoms with Gasteiger partial charge in [0, 0.05) is 25.9 Å². The van der Waals surface area contributed by atoms with Gasteiger partial charge in [0.05, 0.1) is 7.11 Å². The van der Waals surface area contributed by atoms with E-state index in [0.717, 1.165) is 5.56 Å². The molecule has 4 atom stereocenters. The number of alkyl carbamates (subject to hydrolysis) is 1. The molecule has 2 aromatic rings. The van der Waals surface area contributed by atoms with E-state index in [2.05, 4.69) is 31.9 Å². The summed E-state index contributed by atoms with van der Waals surface area (Å²) >= 11 is 0. The van der Waals surface area contributed by atoms with Crippen LogP contribution in [0.3, 0.4) is 0 Å². The molecule has 0 radical (unpaired) electrons. The molecule has 54 heavy (non-hydrogen) atoms. The molecule has 1 saturated heterocycles. The van der Waals surface area contributed by atoms with E-state index in [4.69, 9.17) is 14.2 Å². The highest BCUT2D eigenvalue weighted by Gasteiger charge is 2.32. The fourth-order valence-electron chi connectivity index (χ4n) is 5.55. The lowest BCUT2D eigenvalue weighted by atomic mass is 10.0. The summed E-state index contributed by atoms with van der Waals surface area (Å²) < 4.78 is 16.3. The van der Waals surface area contributed by atoms with Crippen LogP contribution in [0.4, 0.5) is 9.59 Å². The highest BCUT2D eigenvalue weighted by molar-refractivity contribution is 5.95. The lowest BCUT2D eigenvalue weighted by Gasteiger charge is -2.27. The number of esters is 1. The Balaban J connectivity index is 1.92. The number of carbonyl (C=O) groups excluding carboxylic acids is 6. The molecule has 15 heteroatoms. The first-order chi connectivity index (χ1) is 25.4. The van der Waals surface area contributed by atoms with Gasteiger partial charge in [0.15, 0.2) is 0 Å². The van der Waals surface area contributed by atoms with Crippen LogP contribution >= 0.6 is 0 Å². The van der Waals surface area contributed by atoms with Crippen molar-refractivity contribution in [1.29, 1.82) is 0 Å². The Kier molecular flexibility index (Phi) is 16.1. The largest absolute Gasteiger partial charge is 0.488 e. The van der Waals surface area contributed by atoms with Crippen LogP contribution in [-0.4, -0.2) is 91.4 Å². The minimum atomic E-state index is -1.16. The van der Waals surface area contributed by atoms with E-state index in [-0.39, 0.29) is 38.8 Å². The molecule has 15 nitrogen and oxygen atoms in total. The quantitative estimate of drug-likeness (QED) is 0.208. The van der Waals surface area contributed by atoms with Crippen LogP contribution in [0.5, 0.6) is 5.75 Å². The average Bonchev–Trinajstić information content (AvgIpc) is 3.08. The molecule has 296 valence electrons. The molecular weight excluding hydrogens is 696 g/mol. The highest BCUT2D eigenvalue weighted by Crippen LogP contribution is 2.20. The van der Waals surface area contributed by atoms with Gasteiger partial charge in [0.1, 0.15) is 41.1 Å². The summed E-state index contributed by atoms with van der Waals surface area (Å²) in [6.45, 7) is 11.2. The first-order valence-corrected chi connectivity index (χ1v) is 18.2. The Morgan fingerprint density at radius 2 is 1.46 bits per heavy atom. The summed E-state index contributed by atoms with van der Waals surface area (Å²) in [5.74, 6) is -2.05. The van der Waals surface area contributed by atoms with Crippen molar-refractivity contribution >= 4 is 35.8 Å². The Morgan fingerprint density at radius 3 is 2.09 bits per heavy atom. The molecule has 0 aliphatic carbocycles. The van der Waals surface area contributed by atoms with Gasteiger partial charge < -0.3 is 46.1 Å². The molecule has 6 amide bonds. The maximum atomic E-state index is 14.1. The Bertz CT molecular complexity index is 1570. The van der Waals surface area contributed by atoms with Crippen LogP contribution < -0.4 is 36.6 Å². The number of benzene rings is 2. The number of nitrogens with one attached hydrogen (secondary N) is 6. The summed E-state index contributed by atoms with van der Waals surface area (Å²) in [6.07, 6.45) is 0.375. The molecule has 3 rings (SSSR count). The van der Waals surface area contributed by atoms with Crippen LogP contribution in [-0.2, 0) is 41.5 Å². The zero-order chi connectivity index (χ0) is 39.9. The van der Waals surface area contributed by atoms with Crippen molar-refractivity contribution in [3.05, 3.63) is 65.7 Å². The molecular formula is C39H56N6O9. The normalized spacial score (nSPS) is 19.8. The lowest BCUT2D eigenvalue weighted by molar-refractivity contribution is -0.145. The van der Waals surface area contributed by atoms with E-state index >= 15 is 0 Å². The predicted molar refractivity (Wildman–Crippen MR) is 202 cm³/mol. The van der Waals surface area contributed by atoms with E-state index in [9.17, 15) is 28.8 Å². The van der Waals surface area contributed by atoms with E-state index < -0.39 is 71.2 Å². The average molecular weight is 753 g/mol. The third kappa shape index (κ3) is 15.7. The predicted octanol–water partition coefficient (Wildman–Crippen LogP) is 3.04. The van der Waals surface area contributed by atoms with Gasteiger partial charge in [0.25, 0.3) is 0 Å². The van der Waals surface area contributed by atoms with Crippen LogP contribution in [0.2, 0.25) is 0 Å². The molecule has 6 N–H and O–H groups in total. The second kappa shape index (κ2) is 20.2. The number of amides is 6. The lowest BCUT2D eigenvalue weighted by Crippen LogP contribution is -2.58. The van der Waals surface area contributed by atoms with E-state index in [1.54, 1.807) is 69.3 Å². The topological polar surface area (TPSA) is 202 Å². The monoisotopic (exact) mass is 752 g/mol. The number of hydrogen-bond acceptors (Lipinski definition) is 9. The summed E-state index contributed by atoms with van der Waals surface area (Å²) in [4.78, 5) is 79.8. The van der Waals surface area contributed by atoms with Gasteiger partial charge in [-0.05, 0) is 90.5 Å². The fourth-order valence-corrected chi connectivity index (χ4v) is 5.55. The number of urea groups is 1. The standard InChI is InChI=1S/C39H56N6O9/c1-38(2,3)53-27-18-16-26(17-19-27)24-31(45-37(51)54-39(4,5)6)34(48)42-28-15-11-12-21-40-36(50)41-22-20-29(35(49)52-7)43-33(47)30(44-32(28)46)23-25-13-9-8-10-14-25/h8-10,13-14,16-19,28-31H,11-12,15,20-24H2,1-7H3,(H,42,48)(H,43,47)(H,44,46)(H,45,51)(H2,40,41,50)/t28-,29+,30+,31+/m1/s1. The summed E-state index contributed by atoms with van der Waals surface area (Å²) in [5.41, 5.74) is 0.187. The van der Waals surface area contributed by atoms with Crippen molar-refractivity contribution in [2.45, 2.75) is 115 Å². The molecule has 0 bridgehead atoms. The van der Waals surface area contributed by atoms with E-state index in [0.29, 0.717) is 24.2 Å². The second-order valence-corrected chi connectivity index (χ2v) is 15.1. The van der Waals surface area contributed by atoms with E-state index in [1.165, 1.54) is 7.11 Å². The second-order valence-electron chi connectivity index (χ2n) is 15.1. The molecule has 0 unspecified atom stereocenters. The summed E-state index contributed by atoms with van der Waals surface area (Å²) in [5, 5.41) is 16.3. The molecule has 0 spiro atoms. The van der Waals surface area contributed by atoms with Gasteiger partial charge in [-0.2, -0.15) is 0 Å². The molecule has 0 saturated carbocycles. The smallest absolute Gasteiger partial charge is 0.408 e. The van der Waals surface area contributed by atoms with Gasteiger partial charge in [-0.15, -0.1) is 0 Å². The Morgan fingerprint density at radius 1 is 0.796 bits per heavy atom. The molecule has 1 fully saturated rings.